The number of alkyl halides is 1. The molecule has 1 aromatic carbocycles. The summed E-state index contributed by atoms with van der Waals surface area (Å²) in [6, 6.07) is 6.67. The van der Waals surface area contributed by atoms with Crippen LogP contribution in [0.15, 0.2) is 18.2 Å². The Morgan fingerprint density at radius 2 is 2.24 bits per heavy atom. The molecule has 2 unspecified atom stereocenters. The quantitative estimate of drug-likeness (QED) is 0.768. The van der Waals surface area contributed by atoms with Crippen LogP contribution in [-0.4, -0.2) is 25.3 Å². The van der Waals surface area contributed by atoms with Gasteiger partial charge in [0.15, 0.2) is 0 Å². The molecular formula is C13H17BrClNO. The topological polar surface area (TPSA) is 12.5 Å². The van der Waals surface area contributed by atoms with Crippen molar-refractivity contribution in [1.29, 1.82) is 0 Å². The fourth-order valence-electron chi connectivity index (χ4n) is 2.09. The van der Waals surface area contributed by atoms with Crippen molar-refractivity contribution in [3.8, 4) is 0 Å². The number of morpholine rings is 1. The lowest BCUT2D eigenvalue weighted by Crippen LogP contribution is -2.47. The van der Waals surface area contributed by atoms with Crippen molar-refractivity contribution in [2.24, 2.45) is 0 Å². The molecule has 1 fully saturated rings. The summed E-state index contributed by atoms with van der Waals surface area (Å²) in [5.74, 6) is 0. The maximum absolute atomic E-state index is 6.24. The molecule has 0 aromatic heterocycles. The van der Waals surface area contributed by atoms with Gasteiger partial charge in [0.25, 0.3) is 0 Å². The maximum atomic E-state index is 6.24. The van der Waals surface area contributed by atoms with E-state index in [1.807, 2.05) is 6.07 Å². The lowest BCUT2D eigenvalue weighted by atomic mass is 10.1. The highest BCUT2D eigenvalue weighted by molar-refractivity contribution is 9.08. The average molecular weight is 319 g/mol. The van der Waals surface area contributed by atoms with Gasteiger partial charge >= 0.3 is 0 Å². The largest absolute Gasteiger partial charge is 0.375 e. The van der Waals surface area contributed by atoms with E-state index < -0.39 is 0 Å². The summed E-state index contributed by atoms with van der Waals surface area (Å²) in [5.41, 5.74) is 2.31. The highest BCUT2D eigenvalue weighted by atomic mass is 79.9. The van der Waals surface area contributed by atoms with Crippen molar-refractivity contribution in [1.82, 2.24) is 0 Å². The molecule has 0 bridgehead atoms. The SMILES string of the molecule is CC1CN(c2ccc(CBr)c(Cl)c2)C(C)CO1. The Kier molecular flexibility index (Phi) is 4.34. The first-order valence-electron chi connectivity index (χ1n) is 5.84. The first kappa shape index (κ1) is 13.2. The summed E-state index contributed by atoms with van der Waals surface area (Å²) in [4.78, 5) is 2.36. The standard InChI is InChI=1S/C13H17BrClNO/c1-9-8-17-10(2)7-16(9)12-4-3-11(6-14)13(15)5-12/h3-5,9-10H,6-8H2,1-2H3. The third-order valence-corrected chi connectivity index (χ3v) is 4.08. The number of ether oxygens (including phenoxy) is 1. The molecule has 0 aliphatic carbocycles. The van der Waals surface area contributed by atoms with Gasteiger partial charge < -0.3 is 9.64 Å². The Bertz CT molecular complexity index is 399. The molecule has 2 atom stereocenters. The minimum absolute atomic E-state index is 0.279. The van der Waals surface area contributed by atoms with Gasteiger partial charge in [-0.2, -0.15) is 0 Å². The first-order chi connectivity index (χ1) is 8.11. The van der Waals surface area contributed by atoms with Gasteiger partial charge in [-0.05, 0) is 31.5 Å². The number of rotatable bonds is 2. The molecule has 1 saturated heterocycles. The van der Waals surface area contributed by atoms with Crippen molar-refractivity contribution >= 4 is 33.2 Å². The van der Waals surface area contributed by atoms with Gasteiger partial charge in [-0.3, -0.25) is 0 Å². The number of anilines is 1. The molecule has 1 heterocycles. The van der Waals surface area contributed by atoms with Crippen LogP contribution in [0.2, 0.25) is 5.02 Å². The molecule has 4 heteroatoms. The van der Waals surface area contributed by atoms with Crippen LogP contribution in [-0.2, 0) is 10.1 Å². The van der Waals surface area contributed by atoms with E-state index in [1.165, 1.54) is 5.69 Å². The van der Waals surface area contributed by atoms with Gasteiger partial charge in [-0.15, -0.1) is 0 Å². The van der Waals surface area contributed by atoms with Crippen molar-refractivity contribution < 1.29 is 4.74 Å². The van der Waals surface area contributed by atoms with Crippen molar-refractivity contribution in [2.45, 2.75) is 31.3 Å². The van der Waals surface area contributed by atoms with Crippen LogP contribution in [0.3, 0.4) is 0 Å². The molecule has 1 aliphatic heterocycles. The Hall–Kier alpha value is -0.250. The van der Waals surface area contributed by atoms with Crippen LogP contribution in [0.4, 0.5) is 5.69 Å². The summed E-state index contributed by atoms with van der Waals surface area (Å²) in [5, 5.41) is 1.62. The number of benzene rings is 1. The number of halogens is 2. The van der Waals surface area contributed by atoms with Crippen molar-refractivity contribution in [3.05, 3.63) is 28.8 Å². The first-order valence-corrected chi connectivity index (χ1v) is 7.34. The van der Waals surface area contributed by atoms with Crippen LogP contribution < -0.4 is 4.90 Å². The van der Waals surface area contributed by atoms with Gasteiger partial charge in [0.2, 0.25) is 0 Å². The molecule has 0 amide bonds. The molecule has 1 aromatic rings. The predicted molar refractivity (Wildman–Crippen MR) is 76.3 cm³/mol. The zero-order valence-corrected chi connectivity index (χ0v) is 12.5. The van der Waals surface area contributed by atoms with Crippen LogP contribution in [0.25, 0.3) is 0 Å². The zero-order chi connectivity index (χ0) is 12.4. The van der Waals surface area contributed by atoms with Crippen molar-refractivity contribution in [3.63, 3.8) is 0 Å². The second-order valence-electron chi connectivity index (χ2n) is 4.55. The second kappa shape index (κ2) is 5.59. The highest BCUT2D eigenvalue weighted by Gasteiger charge is 2.23. The Morgan fingerprint density at radius 3 is 2.88 bits per heavy atom. The van der Waals surface area contributed by atoms with E-state index in [0.29, 0.717) is 6.04 Å². The summed E-state index contributed by atoms with van der Waals surface area (Å²) in [6.07, 6.45) is 0.279. The third-order valence-electron chi connectivity index (χ3n) is 3.12. The van der Waals surface area contributed by atoms with E-state index in [9.17, 15) is 0 Å². The van der Waals surface area contributed by atoms with Crippen LogP contribution in [0.5, 0.6) is 0 Å². The van der Waals surface area contributed by atoms with E-state index in [4.69, 9.17) is 16.3 Å². The summed E-state index contributed by atoms with van der Waals surface area (Å²) >= 11 is 9.68. The van der Waals surface area contributed by atoms with Gasteiger partial charge in [-0.25, -0.2) is 0 Å². The molecular weight excluding hydrogens is 302 g/mol. The fourth-order valence-corrected chi connectivity index (χ4v) is 2.98. The predicted octanol–water partition coefficient (Wildman–Crippen LogP) is 3.85. The Balaban J connectivity index is 2.23. The molecule has 0 N–H and O–H groups in total. The van der Waals surface area contributed by atoms with Gasteiger partial charge in [0, 0.05) is 28.6 Å². The number of nitrogens with zero attached hydrogens (tertiary/aromatic N) is 1. The minimum Gasteiger partial charge on any atom is -0.375 e. The monoisotopic (exact) mass is 317 g/mol. The minimum atomic E-state index is 0.279. The van der Waals surface area contributed by atoms with Crippen LogP contribution in [0.1, 0.15) is 19.4 Å². The van der Waals surface area contributed by atoms with Crippen LogP contribution in [0, 0.1) is 0 Å². The lowest BCUT2D eigenvalue weighted by molar-refractivity contribution is 0.0344. The molecule has 2 nitrogen and oxygen atoms in total. The summed E-state index contributed by atoms with van der Waals surface area (Å²) in [6.45, 7) is 5.98. The molecule has 94 valence electrons. The Morgan fingerprint density at radius 1 is 1.47 bits per heavy atom. The summed E-state index contributed by atoms with van der Waals surface area (Å²) < 4.78 is 5.63. The molecule has 17 heavy (non-hydrogen) atoms. The average Bonchev–Trinajstić information content (AvgIpc) is 2.32. The van der Waals surface area contributed by atoms with E-state index >= 15 is 0 Å². The highest BCUT2D eigenvalue weighted by Crippen LogP contribution is 2.28. The van der Waals surface area contributed by atoms with Gasteiger partial charge in [-0.1, -0.05) is 33.6 Å². The maximum Gasteiger partial charge on any atom is 0.0723 e. The smallest absolute Gasteiger partial charge is 0.0723 e. The molecule has 0 spiro atoms. The van der Waals surface area contributed by atoms with Crippen LogP contribution >= 0.6 is 27.5 Å². The fraction of sp³-hybridized carbons (Fsp3) is 0.538. The molecule has 2 rings (SSSR count). The summed E-state index contributed by atoms with van der Waals surface area (Å²) in [7, 11) is 0. The van der Waals surface area contributed by atoms with E-state index in [2.05, 4.69) is 46.8 Å². The Labute approximate surface area is 116 Å². The number of hydrogen-bond donors (Lipinski definition) is 0. The van der Waals surface area contributed by atoms with Crippen molar-refractivity contribution in [2.75, 3.05) is 18.1 Å². The normalized spacial score (nSPS) is 25.1. The second-order valence-corrected chi connectivity index (χ2v) is 5.52. The van der Waals surface area contributed by atoms with E-state index in [0.717, 1.165) is 29.1 Å². The number of hydrogen-bond acceptors (Lipinski definition) is 2. The third kappa shape index (κ3) is 2.95. The van der Waals surface area contributed by atoms with Gasteiger partial charge in [0.05, 0.1) is 12.7 Å². The molecule has 0 saturated carbocycles. The molecule has 0 radical (unpaired) electrons. The zero-order valence-electron chi connectivity index (χ0n) is 10.1. The molecule has 1 aliphatic rings. The van der Waals surface area contributed by atoms with E-state index in [1.54, 1.807) is 0 Å². The van der Waals surface area contributed by atoms with Gasteiger partial charge in [0.1, 0.15) is 0 Å². The van der Waals surface area contributed by atoms with E-state index in [-0.39, 0.29) is 6.10 Å². The lowest BCUT2D eigenvalue weighted by Gasteiger charge is -2.38.